The van der Waals surface area contributed by atoms with Crippen molar-refractivity contribution in [1.29, 1.82) is 0 Å². The lowest BCUT2D eigenvalue weighted by Gasteiger charge is -2.58. The molecule has 0 heterocycles. The fourth-order valence-electron chi connectivity index (χ4n) is 6.51. The molecule has 0 saturated heterocycles. The minimum absolute atomic E-state index is 0.0604. The highest BCUT2D eigenvalue weighted by atomic mass is 16.3. The maximum atomic E-state index is 10.3. The second-order valence-electron chi connectivity index (χ2n) is 8.72. The molecular weight excluding hydrogens is 274 g/mol. The van der Waals surface area contributed by atoms with E-state index in [4.69, 9.17) is 5.73 Å². The molecule has 0 aromatic heterocycles. The molecule has 4 aliphatic carbocycles. The largest absolute Gasteiger partial charge is 0.508 e. The maximum absolute atomic E-state index is 10.3. The first kappa shape index (κ1) is 14.8. The fraction of sp³-hybridized carbons (Fsp3) is 0.789. The van der Waals surface area contributed by atoms with Crippen molar-refractivity contribution in [2.75, 3.05) is 0 Å². The Morgan fingerprint density at radius 3 is 2.73 bits per heavy atom. The zero-order valence-corrected chi connectivity index (χ0v) is 13.7. The molecule has 8 atom stereocenters. The Hall–Kier alpha value is -0.800. The predicted molar refractivity (Wildman–Crippen MR) is 87.1 cm³/mol. The van der Waals surface area contributed by atoms with Crippen molar-refractivity contribution in [2.24, 2.45) is 40.2 Å². The molecule has 0 bridgehead atoms. The number of aliphatic hydroxyl groups is 2. The van der Waals surface area contributed by atoms with Crippen molar-refractivity contribution >= 4 is 0 Å². The molecule has 0 amide bonds. The second kappa shape index (κ2) is 4.61. The summed E-state index contributed by atoms with van der Waals surface area (Å²) in [6, 6.07) is -0.0604. The molecule has 0 radical (unpaired) electrons. The van der Waals surface area contributed by atoms with Crippen LogP contribution in [0.25, 0.3) is 0 Å². The van der Waals surface area contributed by atoms with Crippen molar-refractivity contribution in [3.05, 3.63) is 24.0 Å². The molecule has 0 spiro atoms. The fourth-order valence-corrected chi connectivity index (χ4v) is 6.51. The van der Waals surface area contributed by atoms with E-state index in [1.807, 2.05) is 6.08 Å². The van der Waals surface area contributed by atoms with Gasteiger partial charge in [-0.1, -0.05) is 19.9 Å². The Bertz CT molecular complexity index is 542. The van der Waals surface area contributed by atoms with Crippen molar-refractivity contribution in [3.8, 4) is 0 Å². The minimum Gasteiger partial charge on any atom is -0.508 e. The monoisotopic (exact) mass is 303 g/mol. The van der Waals surface area contributed by atoms with Crippen molar-refractivity contribution in [1.82, 2.24) is 0 Å². The highest BCUT2D eigenvalue weighted by Crippen LogP contribution is 2.64. The first-order valence-electron chi connectivity index (χ1n) is 8.90. The smallest absolute Gasteiger partial charge is 0.111 e. The highest BCUT2D eigenvalue weighted by molar-refractivity contribution is 5.27. The average molecular weight is 303 g/mol. The van der Waals surface area contributed by atoms with Crippen LogP contribution >= 0.6 is 0 Å². The van der Waals surface area contributed by atoms with E-state index in [1.165, 1.54) is 12.8 Å². The lowest BCUT2D eigenvalue weighted by atomic mass is 9.47. The Morgan fingerprint density at radius 2 is 1.95 bits per heavy atom. The second-order valence-corrected chi connectivity index (χ2v) is 8.72. The summed E-state index contributed by atoms with van der Waals surface area (Å²) in [6.07, 6.45) is 11.5. The topological polar surface area (TPSA) is 66.5 Å². The molecule has 22 heavy (non-hydrogen) atoms. The molecule has 4 aliphatic rings. The number of rotatable bonds is 0. The van der Waals surface area contributed by atoms with Crippen LogP contribution < -0.4 is 5.73 Å². The lowest BCUT2D eigenvalue weighted by Crippen LogP contribution is -2.53. The molecule has 3 heteroatoms. The van der Waals surface area contributed by atoms with Gasteiger partial charge in [-0.15, -0.1) is 0 Å². The Kier molecular flexibility index (Phi) is 3.09. The molecule has 4 N–H and O–H groups in total. The first-order valence-corrected chi connectivity index (χ1v) is 8.90. The zero-order valence-electron chi connectivity index (χ0n) is 13.7. The van der Waals surface area contributed by atoms with Gasteiger partial charge in [0.15, 0.2) is 0 Å². The summed E-state index contributed by atoms with van der Waals surface area (Å²) in [5.41, 5.74) is 6.64. The van der Waals surface area contributed by atoms with Crippen LogP contribution in [-0.4, -0.2) is 22.4 Å². The van der Waals surface area contributed by atoms with E-state index in [2.05, 4.69) is 26.0 Å². The molecule has 4 rings (SSSR count). The van der Waals surface area contributed by atoms with Crippen LogP contribution in [0.2, 0.25) is 0 Å². The van der Waals surface area contributed by atoms with Crippen LogP contribution in [0.1, 0.15) is 46.0 Å². The first-order chi connectivity index (χ1) is 10.4. The van der Waals surface area contributed by atoms with Crippen LogP contribution in [0.3, 0.4) is 0 Å². The quantitative estimate of drug-likeness (QED) is 0.644. The number of allylic oxidation sites excluding steroid dienone is 3. The normalized spacial score (nSPS) is 56.8. The SMILES string of the molecule is C[C@]12CC[C@H]3[C@@H](CCC4C=C(O)C=C[C@@]43C)[C@@H]1C[C@@H](O)[C@H]2N. The summed E-state index contributed by atoms with van der Waals surface area (Å²) in [5, 5.41) is 20.2. The van der Waals surface area contributed by atoms with Crippen molar-refractivity contribution in [2.45, 2.75) is 58.1 Å². The van der Waals surface area contributed by atoms with Crippen LogP contribution in [-0.2, 0) is 0 Å². The summed E-state index contributed by atoms with van der Waals surface area (Å²) < 4.78 is 0. The third-order valence-electron chi connectivity index (χ3n) is 7.94. The Balaban J connectivity index is 1.68. The third kappa shape index (κ3) is 1.75. The average Bonchev–Trinajstić information content (AvgIpc) is 2.72. The van der Waals surface area contributed by atoms with Gasteiger partial charge in [0, 0.05) is 6.04 Å². The summed E-state index contributed by atoms with van der Waals surface area (Å²) in [7, 11) is 0. The van der Waals surface area contributed by atoms with Crippen LogP contribution in [0, 0.1) is 34.5 Å². The van der Waals surface area contributed by atoms with Gasteiger partial charge in [0.1, 0.15) is 5.76 Å². The van der Waals surface area contributed by atoms with E-state index < -0.39 is 0 Å². The van der Waals surface area contributed by atoms with Gasteiger partial charge in [-0.05, 0) is 78.8 Å². The number of hydrogen-bond acceptors (Lipinski definition) is 3. The molecule has 0 aliphatic heterocycles. The third-order valence-corrected chi connectivity index (χ3v) is 7.94. The van der Waals surface area contributed by atoms with Gasteiger partial charge in [-0.25, -0.2) is 0 Å². The molecule has 0 aromatic rings. The van der Waals surface area contributed by atoms with Gasteiger partial charge < -0.3 is 15.9 Å². The molecule has 1 unspecified atom stereocenters. The van der Waals surface area contributed by atoms with Crippen LogP contribution in [0.15, 0.2) is 24.0 Å². The van der Waals surface area contributed by atoms with E-state index in [9.17, 15) is 10.2 Å². The molecule has 3 saturated carbocycles. The van der Waals surface area contributed by atoms with Gasteiger partial charge in [0.2, 0.25) is 0 Å². The number of nitrogens with two attached hydrogens (primary N) is 1. The molecule has 3 nitrogen and oxygen atoms in total. The van der Waals surface area contributed by atoms with E-state index in [0.29, 0.717) is 29.4 Å². The van der Waals surface area contributed by atoms with Gasteiger partial charge >= 0.3 is 0 Å². The molecule has 0 aromatic carbocycles. The van der Waals surface area contributed by atoms with Crippen LogP contribution in [0.4, 0.5) is 0 Å². The van der Waals surface area contributed by atoms with Crippen LogP contribution in [0.5, 0.6) is 0 Å². The highest BCUT2D eigenvalue weighted by Gasteiger charge is 2.60. The van der Waals surface area contributed by atoms with E-state index >= 15 is 0 Å². The number of aliphatic hydroxyl groups excluding tert-OH is 2. The maximum Gasteiger partial charge on any atom is 0.111 e. The van der Waals surface area contributed by atoms with E-state index in [1.54, 1.807) is 0 Å². The van der Waals surface area contributed by atoms with Gasteiger partial charge in [-0.2, -0.15) is 0 Å². The Labute approximate surface area is 133 Å². The van der Waals surface area contributed by atoms with Crippen molar-refractivity contribution < 1.29 is 10.2 Å². The molecule has 122 valence electrons. The number of fused-ring (bicyclic) bond motifs is 5. The molecular formula is C19H29NO2. The predicted octanol–water partition coefficient (Wildman–Crippen LogP) is 3.16. The van der Waals surface area contributed by atoms with E-state index in [0.717, 1.165) is 19.3 Å². The van der Waals surface area contributed by atoms with Gasteiger partial charge in [0.05, 0.1) is 6.10 Å². The standard InChI is InChI=1S/C19H29NO2/c1-18-7-5-12(21)9-11(18)3-4-13-14(18)6-8-19(2)15(13)10-16(22)17(19)20/h5,7,9,11,13-17,21-22H,3-4,6,8,10,20H2,1-2H3/t11?,13-,14+,15+,16-,17-,18+,19+/m1/s1. The van der Waals surface area contributed by atoms with E-state index in [-0.39, 0.29) is 23.0 Å². The zero-order chi connectivity index (χ0) is 15.7. The lowest BCUT2D eigenvalue weighted by molar-refractivity contribution is -0.0587. The summed E-state index contributed by atoms with van der Waals surface area (Å²) in [4.78, 5) is 0. The summed E-state index contributed by atoms with van der Waals surface area (Å²) >= 11 is 0. The van der Waals surface area contributed by atoms with Crippen molar-refractivity contribution in [3.63, 3.8) is 0 Å². The number of hydrogen-bond donors (Lipinski definition) is 3. The van der Waals surface area contributed by atoms with Gasteiger partial charge in [-0.3, -0.25) is 0 Å². The molecule has 3 fully saturated rings. The summed E-state index contributed by atoms with van der Waals surface area (Å²) in [5.74, 6) is 2.77. The Morgan fingerprint density at radius 1 is 1.18 bits per heavy atom. The summed E-state index contributed by atoms with van der Waals surface area (Å²) in [6.45, 7) is 4.69. The van der Waals surface area contributed by atoms with Gasteiger partial charge in [0.25, 0.3) is 0 Å². The minimum atomic E-state index is -0.329.